The van der Waals surface area contributed by atoms with Gasteiger partial charge < -0.3 is 5.32 Å². The quantitative estimate of drug-likeness (QED) is 0.899. The fourth-order valence-electron chi connectivity index (χ4n) is 4.29. The minimum absolute atomic E-state index is 0.591. The fourth-order valence-corrected chi connectivity index (χ4v) is 4.70. The van der Waals surface area contributed by atoms with Gasteiger partial charge in [0.25, 0.3) is 0 Å². The molecule has 2 nitrogen and oxygen atoms in total. The average Bonchev–Trinajstić information content (AvgIpc) is 3.07. The van der Waals surface area contributed by atoms with Crippen LogP contribution in [0.5, 0.6) is 0 Å². The molecule has 1 aromatic rings. The molecule has 2 saturated heterocycles. The van der Waals surface area contributed by atoms with Crippen LogP contribution in [0.4, 0.5) is 0 Å². The Morgan fingerprint density at radius 3 is 3.05 bits per heavy atom. The molecule has 4 rings (SSSR count). The molecule has 0 radical (unpaired) electrons. The van der Waals surface area contributed by atoms with Gasteiger partial charge in [-0.1, -0.05) is 22.0 Å². The van der Waals surface area contributed by atoms with Crippen LogP contribution >= 0.6 is 15.9 Å². The molecule has 1 aliphatic carbocycles. The molecule has 2 aliphatic heterocycles. The van der Waals surface area contributed by atoms with E-state index in [4.69, 9.17) is 0 Å². The van der Waals surface area contributed by atoms with E-state index in [1.807, 2.05) is 0 Å². The summed E-state index contributed by atoms with van der Waals surface area (Å²) in [5.41, 5.74) is 3.08. The molecular weight excluding hydrogens is 300 g/mol. The summed E-state index contributed by atoms with van der Waals surface area (Å²) in [7, 11) is 0. The smallest absolute Gasteiger partial charge is 0.0329 e. The van der Waals surface area contributed by atoms with Crippen molar-refractivity contribution in [2.24, 2.45) is 0 Å². The van der Waals surface area contributed by atoms with Crippen LogP contribution in [0.2, 0.25) is 0 Å². The summed E-state index contributed by atoms with van der Waals surface area (Å²) >= 11 is 3.58. The second-order valence-electron chi connectivity index (χ2n) is 6.24. The lowest BCUT2D eigenvalue weighted by molar-refractivity contribution is 0.288. The standard InChI is InChI=1S/C16H21BrN2/c17-12-4-5-13-11(10-12)3-6-14(13)18-15-7-9-19-8-1-2-16(15)19/h4-5,10,14-16,18H,1-3,6-9H2. The Morgan fingerprint density at radius 1 is 1.16 bits per heavy atom. The zero-order valence-electron chi connectivity index (χ0n) is 11.2. The van der Waals surface area contributed by atoms with Crippen LogP contribution < -0.4 is 5.32 Å². The Bertz CT molecular complexity index is 488. The van der Waals surface area contributed by atoms with Crippen LogP contribution in [0, 0.1) is 0 Å². The third-order valence-electron chi connectivity index (χ3n) is 5.20. The largest absolute Gasteiger partial charge is 0.306 e. The average molecular weight is 321 g/mol. The Labute approximate surface area is 123 Å². The van der Waals surface area contributed by atoms with E-state index >= 15 is 0 Å². The van der Waals surface area contributed by atoms with Crippen molar-refractivity contribution in [3.05, 3.63) is 33.8 Å². The molecule has 3 atom stereocenters. The number of nitrogens with one attached hydrogen (secondary N) is 1. The van der Waals surface area contributed by atoms with Crippen molar-refractivity contribution in [1.82, 2.24) is 10.2 Å². The van der Waals surface area contributed by atoms with E-state index < -0.39 is 0 Å². The van der Waals surface area contributed by atoms with E-state index in [1.54, 1.807) is 5.56 Å². The first-order valence-electron chi connectivity index (χ1n) is 7.60. The fraction of sp³-hybridized carbons (Fsp3) is 0.625. The monoisotopic (exact) mass is 320 g/mol. The summed E-state index contributed by atoms with van der Waals surface area (Å²) in [6, 6.07) is 8.93. The Kier molecular flexibility index (Phi) is 3.17. The highest BCUT2D eigenvalue weighted by atomic mass is 79.9. The van der Waals surface area contributed by atoms with Gasteiger partial charge in [0, 0.05) is 29.1 Å². The molecule has 0 amide bonds. The van der Waals surface area contributed by atoms with Crippen LogP contribution in [0.25, 0.3) is 0 Å². The van der Waals surface area contributed by atoms with Crippen molar-refractivity contribution in [2.45, 2.75) is 50.2 Å². The highest BCUT2D eigenvalue weighted by Crippen LogP contribution is 2.36. The first-order valence-corrected chi connectivity index (χ1v) is 8.39. The summed E-state index contributed by atoms with van der Waals surface area (Å²) < 4.78 is 1.22. The van der Waals surface area contributed by atoms with E-state index in [1.165, 1.54) is 55.2 Å². The van der Waals surface area contributed by atoms with Gasteiger partial charge in [-0.25, -0.2) is 0 Å². The molecular formula is C16H21BrN2. The van der Waals surface area contributed by atoms with Gasteiger partial charge in [0.2, 0.25) is 0 Å². The lowest BCUT2D eigenvalue weighted by atomic mass is 10.0. The lowest BCUT2D eigenvalue weighted by Crippen LogP contribution is -2.40. The predicted octanol–water partition coefficient (Wildman–Crippen LogP) is 3.26. The molecule has 2 heterocycles. The van der Waals surface area contributed by atoms with Crippen molar-refractivity contribution in [1.29, 1.82) is 0 Å². The van der Waals surface area contributed by atoms with Gasteiger partial charge in [-0.3, -0.25) is 4.90 Å². The van der Waals surface area contributed by atoms with Gasteiger partial charge in [0.05, 0.1) is 0 Å². The van der Waals surface area contributed by atoms with Gasteiger partial charge >= 0.3 is 0 Å². The highest BCUT2D eigenvalue weighted by molar-refractivity contribution is 9.10. The third-order valence-corrected chi connectivity index (χ3v) is 5.70. The van der Waals surface area contributed by atoms with Gasteiger partial charge in [0.1, 0.15) is 0 Å². The number of halogens is 1. The number of hydrogen-bond donors (Lipinski definition) is 1. The number of benzene rings is 1. The Hall–Kier alpha value is -0.380. The maximum Gasteiger partial charge on any atom is 0.0329 e. The van der Waals surface area contributed by atoms with Crippen LogP contribution in [-0.2, 0) is 6.42 Å². The zero-order chi connectivity index (χ0) is 12.8. The van der Waals surface area contributed by atoms with E-state index in [-0.39, 0.29) is 0 Å². The van der Waals surface area contributed by atoms with Crippen molar-refractivity contribution < 1.29 is 0 Å². The second-order valence-corrected chi connectivity index (χ2v) is 7.16. The molecule has 3 heteroatoms. The number of rotatable bonds is 2. The Morgan fingerprint density at radius 2 is 2.11 bits per heavy atom. The van der Waals surface area contributed by atoms with E-state index in [9.17, 15) is 0 Å². The molecule has 0 bridgehead atoms. The zero-order valence-corrected chi connectivity index (χ0v) is 12.8. The molecule has 0 aromatic heterocycles. The predicted molar refractivity (Wildman–Crippen MR) is 81.3 cm³/mol. The SMILES string of the molecule is Brc1ccc2c(c1)CCC2NC1CCN2CCCC12. The Balaban J connectivity index is 1.50. The number of hydrogen-bond acceptors (Lipinski definition) is 2. The summed E-state index contributed by atoms with van der Waals surface area (Å²) in [6.45, 7) is 2.64. The van der Waals surface area contributed by atoms with Crippen LogP contribution in [0.15, 0.2) is 22.7 Å². The minimum atomic E-state index is 0.591. The van der Waals surface area contributed by atoms with Gasteiger partial charge in [-0.15, -0.1) is 0 Å². The van der Waals surface area contributed by atoms with E-state index in [0.717, 1.165) is 12.1 Å². The van der Waals surface area contributed by atoms with Gasteiger partial charge in [-0.2, -0.15) is 0 Å². The molecule has 102 valence electrons. The second kappa shape index (κ2) is 4.87. The van der Waals surface area contributed by atoms with Gasteiger partial charge in [0.15, 0.2) is 0 Å². The molecule has 2 fully saturated rings. The molecule has 1 aromatic carbocycles. The van der Waals surface area contributed by atoms with Crippen LogP contribution in [0.3, 0.4) is 0 Å². The summed E-state index contributed by atoms with van der Waals surface area (Å²) in [5, 5.41) is 3.97. The van der Waals surface area contributed by atoms with Gasteiger partial charge in [-0.05, 0) is 61.9 Å². The first-order chi connectivity index (χ1) is 9.31. The van der Waals surface area contributed by atoms with Crippen molar-refractivity contribution in [2.75, 3.05) is 13.1 Å². The van der Waals surface area contributed by atoms with Crippen LogP contribution in [0.1, 0.15) is 42.9 Å². The topological polar surface area (TPSA) is 15.3 Å². The van der Waals surface area contributed by atoms with E-state index in [0.29, 0.717) is 6.04 Å². The number of fused-ring (bicyclic) bond motifs is 2. The number of aryl methyl sites for hydroxylation is 1. The maximum atomic E-state index is 3.97. The first kappa shape index (κ1) is 12.4. The molecule has 3 aliphatic rings. The highest BCUT2D eigenvalue weighted by Gasteiger charge is 2.38. The van der Waals surface area contributed by atoms with Crippen LogP contribution in [-0.4, -0.2) is 30.1 Å². The van der Waals surface area contributed by atoms with Crippen molar-refractivity contribution >= 4 is 15.9 Å². The molecule has 0 saturated carbocycles. The normalized spacial score (nSPS) is 33.6. The number of nitrogens with zero attached hydrogens (tertiary/aromatic N) is 1. The maximum absolute atomic E-state index is 3.97. The summed E-state index contributed by atoms with van der Waals surface area (Å²) in [5.74, 6) is 0. The third kappa shape index (κ3) is 2.16. The van der Waals surface area contributed by atoms with E-state index in [2.05, 4.69) is 44.3 Å². The van der Waals surface area contributed by atoms with Crippen molar-refractivity contribution in [3.63, 3.8) is 0 Å². The summed E-state index contributed by atoms with van der Waals surface area (Å²) in [4.78, 5) is 2.69. The summed E-state index contributed by atoms with van der Waals surface area (Å²) in [6.07, 6.45) is 6.64. The molecule has 1 N–H and O–H groups in total. The lowest BCUT2D eigenvalue weighted by Gasteiger charge is -2.25. The minimum Gasteiger partial charge on any atom is -0.306 e. The molecule has 0 spiro atoms. The van der Waals surface area contributed by atoms with Crippen molar-refractivity contribution in [3.8, 4) is 0 Å². The molecule has 3 unspecified atom stereocenters. The molecule has 19 heavy (non-hydrogen) atoms.